The molecule has 0 fully saturated rings. The maximum Gasteiger partial charge on any atom is 2.00 e. The molecule has 3 heteroatoms. The summed E-state index contributed by atoms with van der Waals surface area (Å²) in [7, 11) is -1.96. The molecule has 19 heavy (non-hydrogen) atoms. The fourth-order valence-corrected chi connectivity index (χ4v) is 4.13. The molecular formula is C16H26FeSi2. The SMILES string of the molecule is C[Si](C)(C)[c-]1cccc1.C[Si](C)(C)[c-]1cccc1.[Fe+2]. The van der Waals surface area contributed by atoms with Crippen molar-refractivity contribution in [3.63, 3.8) is 0 Å². The van der Waals surface area contributed by atoms with E-state index in [2.05, 4.69) is 87.8 Å². The zero-order valence-corrected chi connectivity index (χ0v) is 16.1. The van der Waals surface area contributed by atoms with Crippen molar-refractivity contribution in [2.24, 2.45) is 0 Å². The average molecular weight is 330 g/mol. The van der Waals surface area contributed by atoms with Gasteiger partial charge in [0.05, 0.1) is 0 Å². The second kappa shape index (κ2) is 7.44. The summed E-state index contributed by atoms with van der Waals surface area (Å²) in [6, 6.07) is 17.4. The summed E-state index contributed by atoms with van der Waals surface area (Å²) >= 11 is 0. The topological polar surface area (TPSA) is 0 Å². The minimum Gasteiger partial charge on any atom is -0.214 e. The van der Waals surface area contributed by atoms with Crippen molar-refractivity contribution in [1.82, 2.24) is 0 Å². The fraction of sp³-hybridized carbons (Fsp3) is 0.375. The second-order valence-corrected chi connectivity index (χ2v) is 17.0. The van der Waals surface area contributed by atoms with Gasteiger partial charge < -0.3 is 0 Å². The van der Waals surface area contributed by atoms with Gasteiger partial charge in [-0.15, -0.1) is 0 Å². The summed E-state index contributed by atoms with van der Waals surface area (Å²) < 4.78 is 0. The molecule has 0 aliphatic carbocycles. The minimum absolute atomic E-state index is 0. The Kier molecular flexibility index (Phi) is 7.30. The van der Waals surface area contributed by atoms with Gasteiger partial charge in [0.25, 0.3) is 0 Å². The Labute approximate surface area is 131 Å². The van der Waals surface area contributed by atoms with E-state index in [0.717, 1.165) is 0 Å². The Hall–Kier alpha value is -0.347. The van der Waals surface area contributed by atoms with Crippen molar-refractivity contribution in [3.05, 3.63) is 48.5 Å². The molecule has 2 aromatic carbocycles. The van der Waals surface area contributed by atoms with Gasteiger partial charge in [-0.1, -0.05) is 39.3 Å². The van der Waals surface area contributed by atoms with Gasteiger partial charge in [0.15, 0.2) is 0 Å². The molecule has 2 rings (SSSR count). The molecule has 0 atom stereocenters. The Morgan fingerprint density at radius 1 is 0.526 bits per heavy atom. The van der Waals surface area contributed by atoms with E-state index in [1.165, 1.54) is 0 Å². The quantitative estimate of drug-likeness (QED) is 0.579. The first kappa shape index (κ1) is 18.7. The first-order chi connectivity index (χ1) is 8.21. The van der Waals surface area contributed by atoms with Crippen LogP contribution in [0, 0.1) is 0 Å². The molecule has 106 valence electrons. The molecule has 0 aliphatic rings. The maximum absolute atomic E-state index is 2.36. The van der Waals surface area contributed by atoms with Crippen molar-refractivity contribution in [3.8, 4) is 0 Å². The molecule has 0 radical (unpaired) electrons. The normalized spacial score (nSPS) is 11.3. The molecule has 0 N–H and O–H groups in total. The van der Waals surface area contributed by atoms with Gasteiger partial charge in [-0.2, -0.15) is 34.6 Å². The van der Waals surface area contributed by atoms with Crippen molar-refractivity contribution in [2.45, 2.75) is 39.3 Å². The van der Waals surface area contributed by atoms with E-state index in [1.54, 1.807) is 10.4 Å². The van der Waals surface area contributed by atoms with Crippen molar-refractivity contribution in [2.75, 3.05) is 0 Å². The summed E-state index contributed by atoms with van der Waals surface area (Å²) in [5.41, 5.74) is 0. The molecule has 0 saturated carbocycles. The molecule has 0 heterocycles. The van der Waals surface area contributed by atoms with Crippen LogP contribution in [0.3, 0.4) is 0 Å². The van der Waals surface area contributed by atoms with Gasteiger partial charge in [0, 0.05) is 16.1 Å². The Balaban J connectivity index is 0.000000324. The Morgan fingerprint density at radius 3 is 0.842 bits per heavy atom. The smallest absolute Gasteiger partial charge is 0.214 e. The van der Waals surface area contributed by atoms with Crippen LogP contribution in [-0.2, 0) is 17.1 Å². The second-order valence-electron chi connectivity index (χ2n) is 6.85. The molecule has 0 spiro atoms. The van der Waals surface area contributed by atoms with E-state index in [9.17, 15) is 0 Å². The summed E-state index contributed by atoms with van der Waals surface area (Å²) in [4.78, 5) is 0. The van der Waals surface area contributed by atoms with E-state index >= 15 is 0 Å². The van der Waals surface area contributed by atoms with E-state index in [1.807, 2.05) is 0 Å². The predicted octanol–water partition coefficient (Wildman–Crippen LogP) is 3.90. The zero-order valence-electron chi connectivity index (χ0n) is 13.0. The van der Waals surface area contributed by atoms with Gasteiger partial charge in [0.2, 0.25) is 0 Å². The molecule has 0 bridgehead atoms. The van der Waals surface area contributed by atoms with Gasteiger partial charge in [0.1, 0.15) is 0 Å². The van der Waals surface area contributed by atoms with Crippen LogP contribution in [0.2, 0.25) is 39.3 Å². The third kappa shape index (κ3) is 6.57. The number of hydrogen-bond donors (Lipinski definition) is 0. The average Bonchev–Trinajstić information content (AvgIpc) is 2.91. The largest absolute Gasteiger partial charge is 2.00 e. The molecule has 0 aromatic heterocycles. The van der Waals surface area contributed by atoms with Crippen LogP contribution in [0.25, 0.3) is 0 Å². The van der Waals surface area contributed by atoms with Gasteiger partial charge in [-0.05, 0) is 0 Å². The number of rotatable bonds is 2. The standard InChI is InChI=1S/2C8H13Si.Fe/c2*1-9(2,3)8-6-4-5-7-8;/h2*4-7H,1-3H3;/q2*-1;+2. The van der Waals surface area contributed by atoms with Crippen molar-refractivity contribution in [1.29, 1.82) is 0 Å². The first-order valence-electron chi connectivity index (χ1n) is 6.65. The maximum atomic E-state index is 2.36. The molecule has 0 unspecified atom stereocenters. The van der Waals surface area contributed by atoms with Crippen LogP contribution >= 0.6 is 0 Å². The van der Waals surface area contributed by atoms with Gasteiger partial charge in [-0.25, -0.2) is 24.3 Å². The van der Waals surface area contributed by atoms with Crippen LogP contribution < -0.4 is 10.4 Å². The molecule has 0 amide bonds. The summed E-state index contributed by atoms with van der Waals surface area (Å²) in [5, 5.41) is 3.12. The first-order valence-corrected chi connectivity index (χ1v) is 13.7. The molecule has 0 nitrogen and oxygen atoms in total. The Bertz CT molecular complexity index is 384. The van der Waals surface area contributed by atoms with Crippen LogP contribution in [0.1, 0.15) is 0 Å². The van der Waals surface area contributed by atoms with Crippen molar-refractivity contribution < 1.29 is 17.1 Å². The van der Waals surface area contributed by atoms with Crippen LogP contribution in [0.4, 0.5) is 0 Å². The molecule has 0 saturated heterocycles. The van der Waals surface area contributed by atoms with E-state index in [4.69, 9.17) is 0 Å². The van der Waals surface area contributed by atoms with Crippen LogP contribution in [0.15, 0.2) is 48.5 Å². The summed E-state index contributed by atoms with van der Waals surface area (Å²) in [6.45, 7) is 14.2. The van der Waals surface area contributed by atoms with Crippen molar-refractivity contribution >= 4 is 26.5 Å². The summed E-state index contributed by atoms with van der Waals surface area (Å²) in [5.74, 6) is 0. The minimum atomic E-state index is -0.981. The third-order valence-electron chi connectivity index (χ3n) is 3.06. The predicted molar refractivity (Wildman–Crippen MR) is 90.0 cm³/mol. The molecule has 2 aromatic rings. The summed E-state index contributed by atoms with van der Waals surface area (Å²) in [6.07, 6.45) is 0. The monoisotopic (exact) mass is 330 g/mol. The third-order valence-corrected chi connectivity index (χ3v) is 7.19. The molecule has 0 aliphatic heterocycles. The van der Waals surface area contributed by atoms with Gasteiger partial charge in [-0.3, -0.25) is 0 Å². The zero-order chi connectivity index (χ0) is 13.8. The van der Waals surface area contributed by atoms with Gasteiger partial charge >= 0.3 is 17.1 Å². The van der Waals surface area contributed by atoms with E-state index < -0.39 is 16.1 Å². The number of hydrogen-bond acceptors (Lipinski definition) is 0. The Morgan fingerprint density at radius 2 is 0.737 bits per heavy atom. The van der Waals surface area contributed by atoms with Crippen LogP contribution in [-0.4, -0.2) is 16.1 Å². The van der Waals surface area contributed by atoms with Crippen LogP contribution in [0.5, 0.6) is 0 Å². The van der Waals surface area contributed by atoms with E-state index in [-0.39, 0.29) is 17.1 Å². The molecular weight excluding hydrogens is 304 g/mol. The van der Waals surface area contributed by atoms with E-state index in [0.29, 0.717) is 0 Å². The fourth-order valence-electron chi connectivity index (χ4n) is 1.75.